The summed E-state index contributed by atoms with van der Waals surface area (Å²) in [6.07, 6.45) is 3.42. The van der Waals surface area contributed by atoms with E-state index in [-0.39, 0.29) is 30.3 Å². The summed E-state index contributed by atoms with van der Waals surface area (Å²) < 4.78 is 0. The monoisotopic (exact) mass is 472 g/mol. The van der Waals surface area contributed by atoms with Gasteiger partial charge in [-0.05, 0) is 42.5 Å². The molecule has 0 spiro atoms. The van der Waals surface area contributed by atoms with E-state index in [1.54, 1.807) is 23.5 Å². The minimum absolute atomic E-state index is 0. The molecule has 2 aliphatic heterocycles. The SMILES string of the molecule is CC1C(C(=O)NN2CCCCC2)=NN(c2ccc(Cl)cc2Cl)C1c1cccs1.Cl. The number of nitrogens with zero attached hydrogens (tertiary/aromatic N) is 3. The Labute approximate surface area is 191 Å². The quantitative estimate of drug-likeness (QED) is 0.633. The van der Waals surface area contributed by atoms with Crippen LogP contribution in [0.5, 0.6) is 0 Å². The first-order valence-electron chi connectivity index (χ1n) is 9.46. The van der Waals surface area contributed by atoms with Crippen molar-refractivity contribution < 1.29 is 4.79 Å². The van der Waals surface area contributed by atoms with E-state index >= 15 is 0 Å². The number of rotatable bonds is 4. The number of hydrazine groups is 1. The predicted molar refractivity (Wildman–Crippen MR) is 123 cm³/mol. The Morgan fingerprint density at radius 2 is 1.97 bits per heavy atom. The van der Waals surface area contributed by atoms with Crippen LogP contribution in [0.1, 0.15) is 37.1 Å². The highest BCUT2D eigenvalue weighted by molar-refractivity contribution is 7.10. The summed E-state index contributed by atoms with van der Waals surface area (Å²) in [5.74, 6) is -0.210. The van der Waals surface area contributed by atoms with Crippen LogP contribution >= 0.6 is 46.9 Å². The molecule has 0 aliphatic carbocycles. The van der Waals surface area contributed by atoms with Crippen LogP contribution in [0.2, 0.25) is 10.0 Å². The Kier molecular flexibility index (Phi) is 7.46. The van der Waals surface area contributed by atoms with Crippen molar-refractivity contribution in [1.82, 2.24) is 10.4 Å². The molecule has 4 rings (SSSR count). The topological polar surface area (TPSA) is 47.9 Å². The molecular formula is C20H23Cl3N4OS. The lowest BCUT2D eigenvalue weighted by molar-refractivity contribution is -0.120. The normalized spacial score (nSPS) is 22.2. The molecule has 0 bridgehead atoms. The van der Waals surface area contributed by atoms with E-state index in [4.69, 9.17) is 28.3 Å². The third kappa shape index (κ3) is 4.72. The molecule has 1 saturated heterocycles. The molecule has 2 aliphatic rings. The number of amides is 1. The molecule has 1 aromatic heterocycles. The molecule has 5 nitrogen and oxygen atoms in total. The van der Waals surface area contributed by atoms with Gasteiger partial charge in [-0.15, -0.1) is 23.7 Å². The zero-order valence-corrected chi connectivity index (χ0v) is 19.1. The van der Waals surface area contributed by atoms with Crippen molar-refractivity contribution in [2.45, 2.75) is 32.2 Å². The van der Waals surface area contributed by atoms with Gasteiger partial charge in [0.15, 0.2) is 0 Å². The fraction of sp³-hybridized carbons (Fsp3) is 0.400. The lowest BCUT2D eigenvalue weighted by atomic mass is 9.95. The molecule has 1 aromatic carbocycles. The Bertz CT molecular complexity index is 884. The van der Waals surface area contributed by atoms with Crippen LogP contribution in [0.3, 0.4) is 0 Å². The number of thiophene rings is 1. The highest BCUT2D eigenvalue weighted by Crippen LogP contribution is 2.43. The lowest BCUT2D eigenvalue weighted by Crippen LogP contribution is -2.48. The van der Waals surface area contributed by atoms with Gasteiger partial charge in [0.1, 0.15) is 5.71 Å². The van der Waals surface area contributed by atoms with Crippen LogP contribution < -0.4 is 10.4 Å². The number of nitrogens with one attached hydrogen (secondary N) is 1. The van der Waals surface area contributed by atoms with Gasteiger partial charge in [-0.25, -0.2) is 5.01 Å². The van der Waals surface area contributed by atoms with Crippen LogP contribution in [0, 0.1) is 5.92 Å². The van der Waals surface area contributed by atoms with Gasteiger partial charge in [-0.3, -0.25) is 15.2 Å². The molecule has 1 fully saturated rings. The smallest absolute Gasteiger partial charge is 0.282 e. The van der Waals surface area contributed by atoms with E-state index in [1.165, 1.54) is 6.42 Å². The van der Waals surface area contributed by atoms with Crippen LogP contribution in [-0.2, 0) is 4.79 Å². The number of anilines is 1. The third-order valence-corrected chi connectivity index (χ3v) is 6.70. The van der Waals surface area contributed by atoms with Crippen LogP contribution in [0.15, 0.2) is 40.8 Å². The zero-order valence-electron chi connectivity index (χ0n) is 16.0. The number of benzene rings is 1. The van der Waals surface area contributed by atoms with Crippen molar-refractivity contribution in [3.05, 3.63) is 50.6 Å². The molecule has 9 heteroatoms. The third-order valence-electron chi connectivity index (χ3n) is 5.22. The summed E-state index contributed by atoms with van der Waals surface area (Å²) >= 11 is 14.2. The molecule has 156 valence electrons. The standard InChI is InChI=1S/C20H22Cl2N4OS.ClH/c1-13-18(20(27)24-25-9-3-2-4-10-25)23-26(19(13)17-6-5-11-28-17)16-8-7-14(21)12-15(16)22;/h5-8,11-13,19H,2-4,9-10H2,1H3,(H,24,27);1H. The molecule has 2 aromatic rings. The van der Waals surface area contributed by atoms with Gasteiger partial charge >= 0.3 is 0 Å². The first kappa shape index (κ1) is 22.4. The number of halogens is 3. The molecule has 1 N–H and O–H groups in total. The van der Waals surface area contributed by atoms with Crippen molar-refractivity contribution in [3.8, 4) is 0 Å². The van der Waals surface area contributed by atoms with E-state index in [9.17, 15) is 4.79 Å². The van der Waals surface area contributed by atoms with Gasteiger partial charge in [0.05, 0.1) is 16.8 Å². The van der Waals surface area contributed by atoms with E-state index in [0.717, 1.165) is 36.5 Å². The number of hydrazone groups is 1. The largest absolute Gasteiger partial charge is 0.284 e. The number of hydrogen-bond acceptors (Lipinski definition) is 5. The molecule has 0 radical (unpaired) electrons. The minimum atomic E-state index is -0.136. The summed E-state index contributed by atoms with van der Waals surface area (Å²) in [7, 11) is 0. The molecule has 2 unspecified atom stereocenters. The maximum atomic E-state index is 13.0. The number of carbonyl (C=O) groups excluding carboxylic acids is 1. The molecular weight excluding hydrogens is 451 g/mol. The Morgan fingerprint density at radius 3 is 2.62 bits per heavy atom. The van der Waals surface area contributed by atoms with Crippen LogP contribution in [-0.4, -0.2) is 29.7 Å². The second kappa shape index (κ2) is 9.67. The van der Waals surface area contributed by atoms with Crippen molar-refractivity contribution in [2.24, 2.45) is 11.0 Å². The van der Waals surface area contributed by atoms with Gasteiger partial charge < -0.3 is 0 Å². The average Bonchev–Trinajstić information content (AvgIpc) is 3.30. The highest BCUT2D eigenvalue weighted by atomic mass is 35.5. The summed E-state index contributed by atoms with van der Waals surface area (Å²) in [5, 5.41) is 11.7. The van der Waals surface area contributed by atoms with E-state index in [1.807, 2.05) is 34.5 Å². The maximum Gasteiger partial charge on any atom is 0.282 e. The molecule has 0 saturated carbocycles. The predicted octanol–water partition coefficient (Wildman–Crippen LogP) is 5.55. The van der Waals surface area contributed by atoms with Crippen LogP contribution in [0.25, 0.3) is 0 Å². The molecule has 29 heavy (non-hydrogen) atoms. The fourth-order valence-electron chi connectivity index (χ4n) is 3.79. The van der Waals surface area contributed by atoms with Gasteiger partial charge in [0, 0.05) is 28.9 Å². The van der Waals surface area contributed by atoms with Gasteiger partial charge in [0.2, 0.25) is 0 Å². The number of hydrogen-bond donors (Lipinski definition) is 1. The van der Waals surface area contributed by atoms with Crippen molar-refractivity contribution in [1.29, 1.82) is 0 Å². The van der Waals surface area contributed by atoms with E-state index in [2.05, 4.69) is 11.5 Å². The second-order valence-electron chi connectivity index (χ2n) is 7.16. The van der Waals surface area contributed by atoms with Crippen LogP contribution in [0.4, 0.5) is 5.69 Å². The van der Waals surface area contributed by atoms with E-state index in [0.29, 0.717) is 15.8 Å². The Hall–Kier alpha value is -1.31. The van der Waals surface area contributed by atoms with Crippen molar-refractivity contribution >= 4 is 64.3 Å². The van der Waals surface area contributed by atoms with Gasteiger partial charge in [-0.2, -0.15) is 5.10 Å². The second-order valence-corrected chi connectivity index (χ2v) is 8.99. The number of carbonyl (C=O) groups is 1. The van der Waals surface area contributed by atoms with Crippen molar-refractivity contribution in [3.63, 3.8) is 0 Å². The highest BCUT2D eigenvalue weighted by Gasteiger charge is 2.40. The Morgan fingerprint density at radius 1 is 1.21 bits per heavy atom. The average molecular weight is 474 g/mol. The molecule has 3 heterocycles. The lowest BCUT2D eigenvalue weighted by Gasteiger charge is -2.27. The molecule has 1 amide bonds. The Balaban J connectivity index is 0.00000240. The summed E-state index contributed by atoms with van der Waals surface area (Å²) in [6.45, 7) is 3.81. The van der Waals surface area contributed by atoms with Crippen molar-refractivity contribution in [2.75, 3.05) is 18.1 Å². The summed E-state index contributed by atoms with van der Waals surface area (Å²) in [4.78, 5) is 14.1. The first-order valence-corrected chi connectivity index (χ1v) is 11.1. The molecule has 2 atom stereocenters. The number of piperidine rings is 1. The first-order chi connectivity index (χ1) is 13.5. The van der Waals surface area contributed by atoms with Gasteiger partial charge in [0.25, 0.3) is 5.91 Å². The maximum absolute atomic E-state index is 13.0. The zero-order chi connectivity index (χ0) is 19.7. The minimum Gasteiger partial charge on any atom is -0.284 e. The van der Waals surface area contributed by atoms with E-state index < -0.39 is 0 Å². The summed E-state index contributed by atoms with van der Waals surface area (Å²) in [5.41, 5.74) is 4.31. The fourth-order valence-corrected chi connectivity index (χ4v) is 5.20. The van der Waals surface area contributed by atoms with Gasteiger partial charge in [-0.1, -0.05) is 42.6 Å². The summed E-state index contributed by atoms with van der Waals surface area (Å²) in [6, 6.07) is 9.35.